The number of rotatable bonds is 26. The van der Waals surface area contributed by atoms with Crippen molar-refractivity contribution in [3.8, 4) is 16.9 Å². The van der Waals surface area contributed by atoms with Crippen LogP contribution in [0.2, 0.25) is 12.1 Å². The second-order valence-corrected chi connectivity index (χ2v) is 16.5. The smallest absolute Gasteiger partial charge is 0.344 e. The van der Waals surface area contributed by atoms with E-state index in [0.717, 1.165) is 67.7 Å². The minimum absolute atomic E-state index is 0.290. The van der Waals surface area contributed by atoms with Crippen LogP contribution >= 0.6 is 0 Å². The minimum Gasteiger partial charge on any atom is -0.493 e. The lowest BCUT2D eigenvalue weighted by atomic mass is 9.94. The Bertz CT molecular complexity index is 1330. The van der Waals surface area contributed by atoms with Crippen molar-refractivity contribution in [3.63, 3.8) is 0 Å². The van der Waals surface area contributed by atoms with Gasteiger partial charge in [-0.1, -0.05) is 116 Å². The molecule has 0 saturated carbocycles. The quantitative estimate of drug-likeness (QED) is 0.0485. The Morgan fingerprint density at radius 2 is 1.32 bits per heavy atom. The summed E-state index contributed by atoms with van der Waals surface area (Å²) in [6.45, 7) is 13.1. The van der Waals surface area contributed by atoms with Gasteiger partial charge < -0.3 is 18.0 Å². The van der Waals surface area contributed by atoms with E-state index in [9.17, 15) is 4.79 Å². The Balaban J connectivity index is 1.34. The van der Waals surface area contributed by atoms with Crippen molar-refractivity contribution in [2.75, 3.05) is 19.8 Å². The van der Waals surface area contributed by atoms with Crippen LogP contribution in [0.1, 0.15) is 136 Å². The zero-order valence-corrected chi connectivity index (χ0v) is 31.4. The molecule has 0 bridgehead atoms. The Morgan fingerprint density at radius 3 is 1.96 bits per heavy atom. The topological polar surface area (TPSA) is 57.9 Å². The van der Waals surface area contributed by atoms with E-state index in [0.29, 0.717) is 17.8 Å². The Labute approximate surface area is 287 Å². The first kappa shape index (κ1) is 39.0. The maximum absolute atomic E-state index is 13.1. The molecule has 0 aliphatic carbocycles. The van der Waals surface area contributed by atoms with Gasteiger partial charge in [0.2, 0.25) is 0 Å². The number of benzene rings is 2. The summed E-state index contributed by atoms with van der Waals surface area (Å²) in [5.74, 6) is 0.760. The maximum atomic E-state index is 13.1. The molecule has 0 radical (unpaired) electrons. The lowest BCUT2D eigenvalue weighted by Gasteiger charge is -2.29. The SMILES string of the molecule is CCCCCc1ccc(-c2cc3ccc(OCCCCCCCCCCCC[Si](CCC)(OCC)OCC)cc3oc2=O)c(CC)c1. The molecule has 262 valence electrons. The summed E-state index contributed by atoms with van der Waals surface area (Å²) in [5, 5.41) is 0.920. The molecule has 0 unspecified atom stereocenters. The average molecular weight is 665 g/mol. The monoisotopic (exact) mass is 664 g/mol. The van der Waals surface area contributed by atoms with E-state index in [4.69, 9.17) is 18.0 Å². The molecule has 0 aliphatic heterocycles. The first-order valence-corrected chi connectivity index (χ1v) is 21.3. The number of hydrogen-bond donors (Lipinski definition) is 0. The molecule has 0 aliphatic rings. The molecule has 0 N–H and O–H groups in total. The molecule has 3 aromatic rings. The van der Waals surface area contributed by atoms with E-state index in [1.54, 1.807) is 0 Å². The van der Waals surface area contributed by atoms with Crippen molar-refractivity contribution in [3.05, 3.63) is 64.0 Å². The summed E-state index contributed by atoms with van der Waals surface area (Å²) in [4.78, 5) is 13.1. The Kier molecular flexibility index (Phi) is 18.5. The molecule has 1 aromatic heterocycles. The fourth-order valence-corrected chi connectivity index (χ4v) is 10.3. The summed E-state index contributed by atoms with van der Waals surface area (Å²) in [7, 11) is -1.98. The van der Waals surface area contributed by atoms with Crippen molar-refractivity contribution in [2.24, 2.45) is 0 Å². The maximum Gasteiger partial charge on any atom is 0.344 e. The predicted molar refractivity (Wildman–Crippen MR) is 201 cm³/mol. The van der Waals surface area contributed by atoms with Crippen molar-refractivity contribution in [1.82, 2.24) is 0 Å². The van der Waals surface area contributed by atoms with Gasteiger partial charge in [0.05, 0.1) is 12.2 Å². The predicted octanol–water partition coefficient (Wildman–Crippen LogP) is 12.0. The molecule has 3 rings (SSSR count). The van der Waals surface area contributed by atoms with Crippen molar-refractivity contribution in [2.45, 2.75) is 149 Å². The van der Waals surface area contributed by atoms with Crippen LogP contribution < -0.4 is 10.4 Å². The highest BCUT2D eigenvalue weighted by Gasteiger charge is 2.35. The standard InChI is InChI=1S/C41H64O5Si/c1-6-11-20-23-34-24-27-38(35(8-3)31-34)39-32-36-25-26-37(33-40(36)46-41(39)42)43-28-21-18-16-14-12-13-15-17-19-22-30-47(29-7-2,44-9-4)45-10-5/h24-27,31-33H,6-23,28-30H2,1-5H3. The molecule has 2 aromatic carbocycles. The van der Waals surface area contributed by atoms with Crippen LogP contribution in [0.25, 0.3) is 22.1 Å². The molecule has 5 nitrogen and oxygen atoms in total. The van der Waals surface area contributed by atoms with Crippen molar-refractivity contribution in [1.29, 1.82) is 0 Å². The molecule has 6 heteroatoms. The van der Waals surface area contributed by atoms with E-state index in [2.05, 4.69) is 52.8 Å². The van der Waals surface area contributed by atoms with Crippen LogP contribution in [0.4, 0.5) is 0 Å². The lowest BCUT2D eigenvalue weighted by Crippen LogP contribution is -2.42. The van der Waals surface area contributed by atoms with Gasteiger partial charge in [-0.05, 0) is 86.5 Å². The van der Waals surface area contributed by atoms with Crippen LogP contribution in [0.3, 0.4) is 0 Å². The summed E-state index contributed by atoms with van der Waals surface area (Å²) >= 11 is 0. The van der Waals surface area contributed by atoms with Gasteiger partial charge in [-0.3, -0.25) is 0 Å². The van der Waals surface area contributed by atoms with E-state index in [1.807, 2.05) is 24.3 Å². The third kappa shape index (κ3) is 13.2. The van der Waals surface area contributed by atoms with Gasteiger partial charge in [-0.25, -0.2) is 4.79 Å². The third-order valence-electron chi connectivity index (χ3n) is 9.28. The van der Waals surface area contributed by atoms with Gasteiger partial charge in [0, 0.05) is 24.7 Å². The minimum atomic E-state index is -1.98. The number of aryl methyl sites for hydroxylation is 2. The van der Waals surface area contributed by atoms with Crippen LogP contribution in [0, 0.1) is 0 Å². The summed E-state index contributed by atoms with van der Waals surface area (Å²) < 4.78 is 24.2. The third-order valence-corrected chi connectivity index (χ3v) is 13.3. The van der Waals surface area contributed by atoms with Gasteiger partial charge in [0.25, 0.3) is 0 Å². The molecule has 0 atom stereocenters. The van der Waals surface area contributed by atoms with Crippen LogP contribution in [-0.2, 0) is 21.7 Å². The number of fused-ring (bicyclic) bond motifs is 1. The second-order valence-electron chi connectivity index (χ2n) is 13.1. The molecular weight excluding hydrogens is 601 g/mol. The van der Waals surface area contributed by atoms with Gasteiger partial charge >= 0.3 is 14.2 Å². The van der Waals surface area contributed by atoms with Crippen molar-refractivity contribution < 1.29 is 18.0 Å². The zero-order chi connectivity index (χ0) is 33.7. The van der Waals surface area contributed by atoms with Gasteiger partial charge in [-0.2, -0.15) is 0 Å². The molecular formula is C41H64O5Si. The highest BCUT2D eigenvalue weighted by molar-refractivity contribution is 6.67. The fraction of sp³-hybridized carbons (Fsp3) is 0.634. The van der Waals surface area contributed by atoms with Gasteiger partial charge in [-0.15, -0.1) is 0 Å². The van der Waals surface area contributed by atoms with Crippen LogP contribution in [0.15, 0.2) is 51.7 Å². The average Bonchev–Trinajstić information content (AvgIpc) is 3.07. The first-order valence-electron chi connectivity index (χ1n) is 19.1. The summed E-state index contributed by atoms with van der Waals surface area (Å²) in [6.07, 6.45) is 19.4. The molecule has 0 saturated heterocycles. The second kappa shape index (κ2) is 22.3. The molecule has 0 fully saturated rings. The molecule has 0 spiro atoms. The fourth-order valence-electron chi connectivity index (χ4n) is 6.77. The molecule has 1 heterocycles. The van der Waals surface area contributed by atoms with Gasteiger partial charge in [0.1, 0.15) is 11.3 Å². The number of hydrogen-bond acceptors (Lipinski definition) is 5. The molecule has 0 amide bonds. The van der Waals surface area contributed by atoms with Crippen LogP contribution in [-0.4, -0.2) is 28.4 Å². The first-order chi connectivity index (χ1) is 23.0. The van der Waals surface area contributed by atoms with Crippen molar-refractivity contribution >= 4 is 19.5 Å². The van der Waals surface area contributed by atoms with E-state index >= 15 is 0 Å². The largest absolute Gasteiger partial charge is 0.493 e. The Morgan fingerprint density at radius 1 is 0.638 bits per heavy atom. The highest BCUT2D eigenvalue weighted by atomic mass is 28.4. The zero-order valence-electron chi connectivity index (χ0n) is 30.4. The van der Waals surface area contributed by atoms with Crippen LogP contribution in [0.5, 0.6) is 5.75 Å². The highest BCUT2D eigenvalue weighted by Crippen LogP contribution is 2.29. The van der Waals surface area contributed by atoms with E-state index in [1.165, 1.54) is 88.2 Å². The van der Waals surface area contributed by atoms with E-state index in [-0.39, 0.29) is 5.63 Å². The number of ether oxygens (including phenoxy) is 1. The summed E-state index contributed by atoms with van der Waals surface area (Å²) in [5.41, 5.74) is 4.46. The molecule has 47 heavy (non-hydrogen) atoms. The van der Waals surface area contributed by atoms with Gasteiger partial charge in [0.15, 0.2) is 0 Å². The lowest BCUT2D eigenvalue weighted by molar-refractivity contribution is 0.181. The number of unbranched alkanes of at least 4 members (excludes halogenated alkanes) is 11. The van der Waals surface area contributed by atoms with E-state index < -0.39 is 8.56 Å². The summed E-state index contributed by atoms with van der Waals surface area (Å²) in [6, 6.07) is 16.6. The Hall–Kier alpha value is -2.41. The normalized spacial score (nSPS) is 11.9.